The van der Waals surface area contributed by atoms with Crippen molar-refractivity contribution >= 4 is 53.3 Å². The van der Waals surface area contributed by atoms with Crippen molar-refractivity contribution in [1.82, 2.24) is 19.5 Å². The number of pyridine rings is 3. The number of hydrogen-bond acceptors (Lipinski definition) is 4. The second-order valence-corrected chi connectivity index (χ2v) is 17.0. The second kappa shape index (κ2) is 12.9. The lowest BCUT2D eigenvalue weighted by molar-refractivity contribution is 0.661. The van der Waals surface area contributed by atoms with Crippen molar-refractivity contribution in [2.24, 2.45) is 0 Å². The summed E-state index contributed by atoms with van der Waals surface area (Å²) in [5.74, 6) is 0. The summed E-state index contributed by atoms with van der Waals surface area (Å²) in [6, 6.07) is 61.4. The zero-order valence-electron chi connectivity index (χ0n) is 32.5. The Balaban J connectivity index is 1.07. The van der Waals surface area contributed by atoms with Crippen LogP contribution in [0, 0.1) is 0 Å². The topological polar surface area (TPSA) is 43.6 Å². The third kappa shape index (κ3) is 5.18. The normalized spacial score (nSPS) is 13.1. The maximum Gasteiger partial charge on any atom is 0.0900 e. The van der Waals surface area contributed by atoms with Crippen LogP contribution < -0.4 is 0 Å². The molecular formula is C54H36N4S. The van der Waals surface area contributed by atoms with E-state index in [0.29, 0.717) is 0 Å². The Morgan fingerprint density at radius 2 is 1.03 bits per heavy atom. The van der Waals surface area contributed by atoms with E-state index in [1.165, 1.54) is 86.6 Å². The van der Waals surface area contributed by atoms with Gasteiger partial charge in [-0.2, -0.15) is 0 Å². The molecule has 6 aromatic carbocycles. The van der Waals surface area contributed by atoms with E-state index in [4.69, 9.17) is 4.98 Å². The molecule has 1 aliphatic carbocycles. The summed E-state index contributed by atoms with van der Waals surface area (Å²) in [6.45, 7) is 4.73. The summed E-state index contributed by atoms with van der Waals surface area (Å²) < 4.78 is 4.98. The molecule has 278 valence electrons. The van der Waals surface area contributed by atoms with Gasteiger partial charge in [0.05, 0.1) is 33.8 Å². The van der Waals surface area contributed by atoms with Crippen molar-refractivity contribution in [3.05, 3.63) is 193 Å². The van der Waals surface area contributed by atoms with Crippen LogP contribution in [0.3, 0.4) is 0 Å². The maximum absolute atomic E-state index is 5.06. The monoisotopic (exact) mass is 772 g/mol. The van der Waals surface area contributed by atoms with Gasteiger partial charge in [-0.25, -0.2) is 4.98 Å². The van der Waals surface area contributed by atoms with Crippen LogP contribution in [0.2, 0.25) is 0 Å². The summed E-state index contributed by atoms with van der Waals surface area (Å²) in [4.78, 5) is 14.4. The highest BCUT2D eigenvalue weighted by Gasteiger charge is 2.36. The Kier molecular flexibility index (Phi) is 7.41. The lowest BCUT2D eigenvalue weighted by atomic mass is 9.82. The maximum atomic E-state index is 5.06. The molecule has 1 aliphatic rings. The summed E-state index contributed by atoms with van der Waals surface area (Å²) in [7, 11) is 0. The summed E-state index contributed by atoms with van der Waals surface area (Å²) in [5.41, 5.74) is 17.0. The van der Waals surface area contributed by atoms with Crippen molar-refractivity contribution in [3.63, 3.8) is 0 Å². The number of thiophene rings is 1. The van der Waals surface area contributed by atoms with E-state index in [9.17, 15) is 0 Å². The van der Waals surface area contributed by atoms with Crippen LogP contribution in [0.4, 0.5) is 0 Å². The zero-order valence-corrected chi connectivity index (χ0v) is 33.3. The Morgan fingerprint density at radius 3 is 1.71 bits per heavy atom. The second-order valence-electron chi connectivity index (χ2n) is 16.0. The quantitative estimate of drug-likeness (QED) is 0.175. The first-order valence-electron chi connectivity index (χ1n) is 20.1. The summed E-state index contributed by atoms with van der Waals surface area (Å²) >= 11 is 1.87. The molecule has 0 saturated heterocycles. The zero-order chi connectivity index (χ0) is 39.2. The van der Waals surface area contributed by atoms with Crippen LogP contribution in [0.1, 0.15) is 25.0 Å². The number of rotatable bonds is 5. The van der Waals surface area contributed by atoms with E-state index in [1.807, 2.05) is 60.1 Å². The highest BCUT2D eigenvalue weighted by atomic mass is 32.1. The minimum Gasteiger partial charge on any atom is -0.309 e. The molecule has 59 heavy (non-hydrogen) atoms. The van der Waals surface area contributed by atoms with Gasteiger partial charge >= 0.3 is 0 Å². The SMILES string of the molecule is CC1(C)c2ccccc2-c2cc3c4cc(-c5cccc6c5sc5c(-c7cc(-c8ccccn8)nc(-c8ccccn8)c7)cccc56)ccc4n(-c4ccccc4)c3cc21. The smallest absolute Gasteiger partial charge is 0.0900 e. The highest BCUT2D eigenvalue weighted by Crippen LogP contribution is 2.51. The standard InChI is InChI=1S/C54H36N4S/c1-54(2)44-21-7-6-16-38(44)41-31-43-42-28-33(24-25-50(42)58(51(43)32-45(41)54)35-14-4-3-5-15-35)36-17-12-19-39-40-20-13-18-37(53(40)59-52(36)39)34-29-48(46-22-8-10-26-55-46)57-49(30-34)47-23-9-11-27-56-47/h3-32H,1-2H3. The molecule has 4 nitrogen and oxygen atoms in total. The number of benzene rings is 6. The molecular weight excluding hydrogens is 737 g/mol. The molecule has 5 heteroatoms. The molecule has 0 radical (unpaired) electrons. The Bertz CT molecular complexity index is 3400. The first kappa shape index (κ1) is 33.9. The summed E-state index contributed by atoms with van der Waals surface area (Å²) in [5, 5.41) is 5.04. The third-order valence-corrected chi connectivity index (χ3v) is 13.6. The number of hydrogen-bond donors (Lipinski definition) is 0. The average Bonchev–Trinajstić information content (AvgIpc) is 3.91. The predicted octanol–water partition coefficient (Wildman–Crippen LogP) is 14.3. The van der Waals surface area contributed by atoms with Crippen molar-refractivity contribution in [2.45, 2.75) is 19.3 Å². The third-order valence-electron chi connectivity index (χ3n) is 12.3. The van der Waals surface area contributed by atoms with Gasteiger partial charge < -0.3 is 4.57 Å². The van der Waals surface area contributed by atoms with Gasteiger partial charge in [0.2, 0.25) is 0 Å². The fraction of sp³-hybridized carbons (Fsp3) is 0.0556. The molecule has 11 aromatic rings. The molecule has 0 spiro atoms. The Morgan fingerprint density at radius 1 is 0.424 bits per heavy atom. The van der Waals surface area contributed by atoms with Gasteiger partial charge in [-0.05, 0) is 117 Å². The van der Waals surface area contributed by atoms with Gasteiger partial charge in [0.1, 0.15) is 0 Å². The Labute approximate surface area is 345 Å². The van der Waals surface area contributed by atoms with E-state index in [1.54, 1.807) is 0 Å². The lowest BCUT2D eigenvalue weighted by Gasteiger charge is -2.21. The van der Waals surface area contributed by atoms with Gasteiger partial charge in [-0.15, -0.1) is 11.3 Å². The predicted molar refractivity (Wildman–Crippen MR) is 246 cm³/mol. The van der Waals surface area contributed by atoms with Crippen LogP contribution in [-0.4, -0.2) is 19.5 Å². The van der Waals surface area contributed by atoms with Crippen LogP contribution in [0.25, 0.3) is 104 Å². The van der Waals surface area contributed by atoms with Crippen LogP contribution in [-0.2, 0) is 5.41 Å². The van der Waals surface area contributed by atoms with Gasteiger partial charge in [-0.3, -0.25) is 9.97 Å². The number of fused-ring (bicyclic) bond motifs is 9. The molecule has 0 bridgehead atoms. The number of nitrogens with zero attached hydrogens (tertiary/aromatic N) is 4. The molecule has 0 N–H and O–H groups in total. The van der Waals surface area contributed by atoms with Crippen molar-refractivity contribution in [3.8, 4) is 61.8 Å². The van der Waals surface area contributed by atoms with E-state index in [0.717, 1.165) is 28.3 Å². The van der Waals surface area contributed by atoms with Crippen LogP contribution in [0.5, 0.6) is 0 Å². The fourth-order valence-electron chi connectivity index (χ4n) is 9.49. The van der Waals surface area contributed by atoms with Gasteiger partial charge in [-0.1, -0.05) is 111 Å². The summed E-state index contributed by atoms with van der Waals surface area (Å²) in [6.07, 6.45) is 3.64. The fourth-order valence-corrected chi connectivity index (χ4v) is 10.9. The highest BCUT2D eigenvalue weighted by molar-refractivity contribution is 7.26. The Hall–Kier alpha value is -7.21. The number of aromatic nitrogens is 4. The van der Waals surface area contributed by atoms with E-state index in [2.05, 4.69) is 162 Å². The molecule has 0 saturated carbocycles. The molecule has 0 unspecified atom stereocenters. The molecule has 0 atom stereocenters. The van der Waals surface area contributed by atoms with Crippen LogP contribution >= 0.6 is 11.3 Å². The first-order valence-corrected chi connectivity index (χ1v) is 20.9. The molecule has 5 heterocycles. The van der Waals surface area contributed by atoms with Crippen LogP contribution in [0.15, 0.2) is 182 Å². The van der Waals surface area contributed by atoms with Crippen molar-refractivity contribution in [1.29, 1.82) is 0 Å². The average molecular weight is 773 g/mol. The van der Waals surface area contributed by atoms with E-state index >= 15 is 0 Å². The molecule has 0 fully saturated rings. The van der Waals surface area contributed by atoms with Gasteiger partial charge in [0.15, 0.2) is 0 Å². The van der Waals surface area contributed by atoms with Gasteiger partial charge in [0.25, 0.3) is 0 Å². The molecule has 5 aromatic heterocycles. The largest absolute Gasteiger partial charge is 0.309 e. The molecule has 0 aliphatic heterocycles. The van der Waals surface area contributed by atoms with E-state index in [-0.39, 0.29) is 5.41 Å². The first-order chi connectivity index (χ1) is 29.0. The van der Waals surface area contributed by atoms with Crippen molar-refractivity contribution in [2.75, 3.05) is 0 Å². The number of para-hydroxylation sites is 1. The minimum atomic E-state index is -0.0881. The van der Waals surface area contributed by atoms with Gasteiger partial charge in [0, 0.05) is 54.4 Å². The lowest BCUT2D eigenvalue weighted by Crippen LogP contribution is -2.14. The molecule has 12 rings (SSSR count). The minimum absolute atomic E-state index is 0.0881. The van der Waals surface area contributed by atoms with Crippen molar-refractivity contribution < 1.29 is 0 Å². The molecule has 0 amide bonds. The van der Waals surface area contributed by atoms with E-state index < -0.39 is 0 Å².